The summed E-state index contributed by atoms with van der Waals surface area (Å²) in [4.78, 5) is 2.47. The summed E-state index contributed by atoms with van der Waals surface area (Å²) in [6, 6.07) is 103. The average molecular weight is 927 g/mol. The summed E-state index contributed by atoms with van der Waals surface area (Å²) in [5.74, 6) is 0. The van der Waals surface area contributed by atoms with Gasteiger partial charge in [-0.1, -0.05) is 237 Å². The normalized spacial score (nSPS) is 14.1. The molecule has 0 fully saturated rings. The number of fused-ring (bicyclic) bond motifs is 13. The highest BCUT2D eigenvalue weighted by molar-refractivity contribution is 6.13. The van der Waals surface area contributed by atoms with Gasteiger partial charge in [-0.15, -0.1) is 0 Å². The first-order valence-electron chi connectivity index (χ1n) is 25.3. The Kier molecular flexibility index (Phi) is 9.21. The highest BCUT2D eigenvalue weighted by Crippen LogP contribution is 2.61. The third-order valence-corrected chi connectivity index (χ3v) is 15.8. The Morgan fingerprint density at radius 3 is 1.56 bits per heavy atom. The molecule has 0 saturated heterocycles. The molecule has 1 aliphatic heterocycles. The minimum absolute atomic E-state index is 0.538. The lowest BCUT2D eigenvalue weighted by atomic mass is 9.65. The summed E-state index contributed by atoms with van der Waals surface area (Å²) in [5.41, 5.74) is 23.9. The lowest BCUT2D eigenvalue weighted by Gasteiger charge is -2.39. The molecule has 2 heterocycles. The minimum atomic E-state index is -0.538. The molecule has 15 rings (SSSR count). The van der Waals surface area contributed by atoms with Crippen molar-refractivity contribution in [2.24, 2.45) is 0 Å². The molecule has 2 aliphatic rings. The van der Waals surface area contributed by atoms with Crippen molar-refractivity contribution in [2.75, 3.05) is 4.90 Å². The topological polar surface area (TPSA) is 8.17 Å². The Morgan fingerprint density at radius 2 is 0.795 bits per heavy atom. The van der Waals surface area contributed by atoms with Gasteiger partial charge in [0.05, 0.1) is 33.5 Å². The van der Waals surface area contributed by atoms with Crippen LogP contribution in [-0.2, 0) is 5.41 Å². The van der Waals surface area contributed by atoms with Crippen molar-refractivity contribution in [3.63, 3.8) is 0 Å². The lowest BCUT2D eigenvalue weighted by Crippen LogP contribution is -2.33. The summed E-state index contributed by atoms with van der Waals surface area (Å²) in [7, 11) is 0. The predicted octanol–water partition coefficient (Wildman–Crippen LogP) is 18.8. The molecule has 1 atom stereocenters. The van der Waals surface area contributed by atoms with Crippen molar-refractivity contribution in [3.8, 4) is 61.3 Å². The molecule has 0 N–H and O–H groups in total. The van der Waals surface area contributed by atoms with Gasteiger partial charge in [0.15, 0.2) is 0 Å². The number of nitrogens with zero attached hydrogens (tertiary/aromatic N) is 2. The van der Waals surface area contributed by atoms with E-state index in [1.165, 1.54) is 105 Å². The van der Waals surface area contributed by atoms with Gasteiger partial charge < -0.3 is 9.47 Å². The van der Waals surface area contributed by atoms with E-state index in [2.05, 4.69) is 289 Å². The first kappa shape index (κ1) is 41.3. The fraction of sp³-hybridized carbons (Fsp3) is 0.0141. The van der Waals surface area contributed by atoms with Gasteiger partial charge in [0.2, 0.25) is 0 Å². The smallest absolute Gasteiger partial charge is 0.0754 e. The molecule has 0 saturated carbocycles. The van der Waals surface area contributed by atoms with E-state index in [1.54, 1.807) is 0 Å². The summed E-state index contributed by atoms with van der Waals surface area (Å²) in [6.07, 6.45) is 0. The van der Waals surface area contributed by atoms with Crippen LogP contribution in [0.5, 0.6) is 0 Å². The van der Waals surface area contributed by atoms with Crippen LogP contribution in [0.4, 0.5) is 17.1 Å². The van der Waals surface area contributed by atoms with Crippen molar-refractivity contribution < 1.29 is 0 Å². The predicted molar refractivity (Wildman–Crippen MR) is 306 cm³/mol. The van der Waals surface area contributed by atoms with Crippen LogP contribution in [0.25, 0.3) is 93.9 Å². The lowest BCUT2D eigenvalue weighted by molar-refractivity contribution is 0.749. The van der Waals surface area contributed by atoms with Gasteiger partial charge in [0, 0.05) is 27.4 Å². The van der Waals surface area contributed by atoms with Gasteiger partial charge in [-0.05, 0) is 120 Å². The highest BCUT2D eigenvalue weighted by Gasteiger charge is 2.51. The van der Waals surface area contributed by atoms with Gasteiger partial charge in [-0.2, -0.15) is 0 Å². The molecule has 13 aromatic rings. The number of aromatic nitrogens is 1. The van der Waals surface area contributed by atoms with Crippen molar-refractivity contribution in [1.29, 1.82) is 0 Å². The molecule has 1 aliphatic carbocycles. The Bertz CT molecular complexity index is 4300. The fourth-order valence-corrected chi connectivity index (χ4v) is 12.7. The monoisotopic (exact) mass is 926 g/mol. The van der Waals surface area contributed by atoms with Crippen LogP contribution in [0, 0.1) is 0 Å². The van der Waals surface area contributed by atoms with Gasteiger partial charge in [0.25, 0.3) is 0 Å². The molecule has 0 bridgehead atoms. The highest BCUT2D eigenvalue weighted by atomic mass is 15.1. The van der Waals surface area contributed by atoms with Crippen LogP contribution in [0.1, 0.15) is 22.3 Å². The van der Waals surface area contributed by atoms with Crippen LogP contribution in [0.3, 0.4) is 0 Å². The molecular formula is C71H46N2. The number of para-hydroxylation sites is 4. The number of hydrogen-bond acceptors (Lipinski definition) is 1. The van der Waals surface area contributed by atoms with Gasteiger partial charge >= 0.3 is 0 Å². The van der Waals surface area contributed by atoms with Crippen molar-refractivity contribution in [3.05, 3.63) is 301 Å². The number of hydrogen-bond donors (Lipinski definition) is 0. The van der Waals surface area contributed by atoms with Crippen LogP contribution < -0.4 is 4.90 Å². The zero-order valence-corrected chi connectivity index (χ0v) is 40.0. The Hall–Kier alpha value is -9.50. The Labute approximate surface area is 425 Å². The Morgan fingerprint density at radius 1 is 0.274 bits per heavy atom. The third-order valence-electron chi connectivity index (χ3n) is 15.8. The van der Waals surface area contributed by atoms with Gasteiger partial charge in [0.1, 0.15) is 0 Å². The molecule has 2 nitrogen and oxygen atoms in total. The maximum Gasteiger partial charge on any atom is 0.0754 e. The molecule has 12 aromatic carbocycles. The zero-order chi connectivity index (χ0) is 48.0. The second-order valence-corrected chi connectivity index (χ2v) is 19.5. The van der Waals surface area contributed by atoms with Crippen molar-refractivity contribution >= 4 is 49.6 Å². The summed E-state index contributed by atoms with van der Waals surface area (Å²) < 4.78 is 2.52. The van der Waals surface area contributed by atoms with E-state index in [0.29, 0.717) is 0 Å². The molecule has 340 valence electrons. The number of benzene rings is 12. The first-order chi connectivity index (χ1) is 36.2. The summed E-state index contributed by atoms with van der Waals surface area (Å²) in [5, 5.41) is 4.95. The molecule has 2 heteroatoms. The van der Waals surface area contributed by atoms with Crippen LogP contribution >= 0.6 is 0 Å². The quantitative estimate of drug-likeness (QED) is 0.155. The van der Waals surface area contributed by atoms with E-state index >= 15 is 0 Å². The Balaban J connectivity index is 0.931. The molecule has 1 spiro atoms. The van der Waals surface area contributed by atoms with Crippen molar-refractivity contribution in [1.82, 2.24) is 4.57 Å². The molecule has 73 heavy (non-hydrogen) atoms. The zero-order valence-electron chi connectivity index (χ0n) is 40.0. The average Bonchev–Trinajstić information content (AvgIpc) is 3.97. The van der Waals surface area contributed by atoms with Crippen LogP contribution in [0.2, 0.25) is 0 Å². The van der Waals surface area contributed by atoms with E-state index in [0.717, 1.165) is 28.2 Å². The molecular weight excluding hydrogens is 881 g/mol. The largest absolute Gasteiger partial charge is 0.309 e. The van der Waals surface area contributed by atoms with E-state index in [9.17, 15) is 0 Å². The number of rotatable bonds is 7. The molecule has 1 unspecified atom stereocenters. The summed E-state index contributed by atoms with van der Waals surface area (Å²) >= 11 is 0. The second-order valence-electron chi connectivity index (χ2n) is 19.5. The van der Waals surface area contributed by atoms with Crippen LogP contribution in [-0.4, -0.2) is 4.57 Å². The van der Waals surface area contributed by atoms with Gasteiger partial charge in [-0.3, -0.25) is 0 Å². The van der Waals surface area contributed by atoms with E-state index < -0.39 is 5.41 Å². The molecule has 1 aromatic heterocycles. The van der Waals surface area contributed by atoms with Crippen LogP contribution in [0.15, 0.2) is 279 Å². The minimum Gasteiger partial charge on any atom is -0.309 e. The molecule has 0 radical (unpaired) electrons. The third kappa shape index (κ3) is 6.11. The van der Waals surface area contributed by atoms with E-state index in [1.807, 2.05) is 0 Å². The van der Waals surface area contributed by atoms with Gasteiger partial charge in [-0.25, -0.2) is 0 Å². The molecule has 0 amide bonds. The maximum atomic E-state index is 2.53. The van der Waals surface area contributed by atoms with E-state index in [4.69, 9.17) is 0 Å². The first-order valence-corrected chi connectivity index (χ1v) is 25.3. The summed E-state index contributed by atoms with van der Waals surface area (Å²) in [6.45, 7) is 0. The second kappa shape index (κ2) is 16.3. The SMILES string of the molecule is c1ccc(-c2ccc(-c3ccccc3N(c3ccc(-c4ccccc4)cc3)c3ccc(-c4ccc5c(c4)C4(c6ccccc6-5)c5ccccc5-n5c6ccccc6c6cccc4c65)c4ccccc34)cc2)cc1. The van der Waals surface area contributed by atoms with Crippen molar-refractivity contribution in [2.45, 2.75) is 5.41 Å². The standard InChI is InChI=1S/C71H46N2/c1-3-18-47(19-4-1)49-34-36-51(37-35-49)55-22-10-14-31-66(55)72(53-41-38-50(39-42-53)48-20-5-2-6-21-48)68-45-44-54(56-23-7-8-25-59(56)68)52-40-43-58-57-24-9-12-28-62(57)71(65(58)46-52)63-29-13-16-33-69(63)73-67-32-15-11-26-60(67)61-27-17-30-64(71)70(61)73/h1-46H. The van der Waals surface area contributed by atoms with E-state index in [-0.39, 0.29) is 0 Å². The maximum absolute atomic E-state index is 2.53. The fourth-order valence-electron chi connectivity index (χ4n) is 12.7. The number of anilines is 3.